The Kier molecular flexibility index (Phi) is 4.83. The van der Waals surface area contributed by atoms with E-state index in [0.717, 1.165) is 47.1 Å². The first-order valence-corrected chi connectivity index (χ1v) is 11.1. The van der Waals surface area contributed by atoms with Crippen LogP contribution >= 0.6 is 11.8 Å². The van der Waals surface area contributed by atoms with Crippen LogP contribution in [0.2, 0.25) is 0 Å². The van der Waals surface area contributed by atoms with Gasteiger partial charge in [-0.1, -0.05) is 48.2 Å². The van der Waals surface area contributed by atoms with Crippen molar-refractivity contribution in [3.8, 4) is 11.4 Å². The lowest BCUT2D eigenvalue weighted by atomic mass is 10.1. The number of aryl methyl sites for hydroxylation is 1. The van der Waals surface area contributed by atoms with Crippen LogP contribution in [0.5, 0.6) is 0 Å². The Morgan fingerprint density at radius 2 is 1.90 bits per heavy atom. The van der Waals surface area contributed by atoms with Crippen molar-refractivity contribution in [3.05, 3.63) is 60.3 Å². The lowest BCUT2D eigenvalue weighted by Crippen LogP contribution is -2.30. The topological polar surface area (TPSA) is 56.0 Å². The monoisotopic (exact) mass is 417 g/mol. The number of fused-ring (bicyclic) bond motifs is 2. The van der Waals surface area contributed by atoms with E-state index < -0.39 is 0 Å². The summed E-state index contributed by atoms with van der Waals surface area (Å²) in [6, 6.07) is 16.5. The van der Waals surface area contributed by atoms with Gasteiger partial charge >= 0.3 is 0 Å². The normalized spacial score (nSPS) is 13.2. The van der Waals surface area contributed by atoms with Gasteiger partial charge in [-0.15, -0.1) is 10.2 Å². The third-order valence-electron chi connectivity index (χ3n) is 5.72. The fourth-order valence-corrected chi connectivity index (χ4v) is 4.95. The summed E-state index contributed by atoms with van der Waals surface area (Å²) in [6.07, 6.45) is 3.05. The molecule has 5 rings (SSSR count). The molecule has 152 valence electrons. The number of hydrogen-bond acceptors (Lipinski definition) is 4. The molecule has 4 aromatic rings. The minimum absolute atomic E-state index is 0.108. The van der Waals surface area contributed by atoms with E-state index in [2.05, 4.69) is 52.2 Å². The molecule has 0 saturated heterocycles. The standard InChI is InChI=1S/C23H23N5OS/c1-3-27-14-18(17-9-5-7-11-20(17)27)22-24-25-23(26(22)2)30-15-21(29)28-13-12-16-8-4-6-10-19(16)28/h4-11,14H,3,12-13,15H2,1-2H3. The van der Waals surface area contributed by atoms with Crippen LogP contribution in [0.4, 0.5) is 5.69 Å². The van der Waals surface area contributed by atoms with Crippen LogP contribution in [-0.4, -0.2) is 37.5 Å². The summed E-state index contributed by atoms with van der Waals surface area (Å²) in [5.41, 5.74) is 4.53. The van der Waals surface area contributed by atoms with E-state index in [1.165, 1.54) is 22.8 Å². The molecule has 0 bridgehead atoms. The van der Waals surface area contributed by atoms with Crippen LogP contribution in [-0.2, 0) is 24.8 Å². The van der Waals surface area contributed by atoms with Gasteiger partial charge in [-0.25, -0.2) is 0 Å². The fourth-order valence-electron chi connectivity index (χ4n) is 4.16. The van der Waals surface area contributed by atoms with Crippen molar-refractivity contribution in [2.45, 2.75) is 25.0 Å². The highest BCUT2D eigenvalue weighted by Gasteiger charge is 2.25. The van der Waals surface area contributed by atoms with Crippen LogP contribution in [0.1, 0.15) is 12.5 Å². The average molecular weight is 418 g/mol. The predicted octanol–water partition coefficient (Wildman–Crippen LogP) is 4.14. The van der Waals surface area contributed by atoms with Crippen molar-refractivity contribution in [2.24, 2.45) is 7.05 Å². The van der Waals surface area contributed by atoms with Gasteiger partial charge in [0.1, 0.15) is 0 Å². The van der Waals surface area contributed by atoms with E-state index in [1.807, 2.05) is 40.8 Å². The molecule has 0 saturated carbocycles. The number of amides is 1. The molecule has 30 heavy (non-hydrogen) atoms. The highest BCUT2D eigenvalue weighted by atomic mass is 32.2. The second-order valence-electron chi connectivity index (χ2n) is 7.42. The van der Waals surface area contributed by atoms with Crippen LogP contribution in [0.3, 0.4) is 0 Å². The van der Waals surface area contributed by atoms with Crippen molar-refractivity contribution < 1.29 is 4.79 Å². The van der Waals surface area contributed by atoms with Crippen LogP contribution in [0, 0.1) is 0 Å². The first kappa shape index (κ1) is 18.9. The Hall–Kier alpha value is -3.06. The number of carbonyl (C=O) groups is 1. The maximum Gasteiger partial charge on any atom is 0.237 e. The van der Waals surface area contributed by atoms with Crippen LogP contribution in [0.15, 0.2) is 59.9 Å². The van der Waals surface area contributed by atoms with E-state index in [4.69, 9.17) is 0 Å². The minimum atomic E-state index is 0.108. The van der Waals surface area contributed by atoms with Crippen molar-refractivity contribution in [1.82, 2.24) is 19.3 Å². The van der Waals surface area contributed by atoms with Crippen LogP contribution in [0.25, 0.3) is 22.3 Å². The van der Waals surface area contributed by atoms with Gasteiger partial charge in [-0.2, -0.15) is 0 Å². The molecule has 0 N–H and O–H groups in total. The third-order valence-corrected chi connectivity index (χ3v) is 6.72. The SMILES string of the molecule is CCn1cc(-c2nnc(SCC(=O)N3CCc4ccccc43)n2C)c2ccccc21. The fraction of sp³-hybridized carbons (Fsp3) is 0.261. The van der Waals surface area contributed by atoms with Crippen molar-refractivity contribution >= 4 is 34.3 Å². The number of aromatic nitrogens is 4. The summed E-state index contributed by atoms with van der Waals surface area (Å²) in [5, 5.41) is 10.7. The number of hydrogen-bond donors (Lipinski definition) is 0. The largest absolute Gasteiger partial charge is 0.347 e. The van der Waals surface area contributed by atoms with Crippen molar-refractivity contribution in [1.29, 1.82) is 0 Å². The van der Waals surface area contributed by atoms with Gasteiger partial charge in [-0.3, -0.25) is 4.79 Å². The molecule has 0 aliphatic carbocycles. The molecule has 0 radical (unpaired) electrons. The summed E-state index contributed by atoms with van der Waals surface area (Å²) >= 11 is 1.44. The zero-order valence-electron chi connectivity index (χ0n) is 17.1. The summed E-state index contributed by atoms with van der Waals surface area (Å²) in [5.74, 6) is 1.27. The molecule has 3 heterocycles. The number of carbonyl (C=O) groups excluding carboxylic acids is 1. The Labute approximate surface area is 179 Å². The number of anilines is 1. The Balaban J connectivity index is 1.37. The quantitative estimate of drug-likeness (QED) is 0.458. The third kappa shape index (κ3) is 3.10. The summed E-state index contributed by atoms with van der Waals surface area (Å²) in [6.45, 7) is 3.78. The first-order chi connectivity index (χ1) is 14.7. The Morgan fingerprint density at radius 1 is 1.10 bits per heavy atom. The number of thioether (sulfide) groups is 1. The van der Waals surface area contributed by atoms with Gasteiger partial charge in [0.2, 0.25) is 5.91 Å². The minimum Gasteiger partial charge on any atom is -0.347 e. The van der Waals surface area contributed by atoms with Gasteiger partial charge < -0.3 is 14.0 Å². The molecule has 2 aromatic carbocycles. The molecular formula is C23H23N5OS. The molecule has 1 amide bonds. The molecule has 1 aliphatic rings. The van der Waals surface area contributed by atoms with Crippen LogP contribution < -0.4 is 4.90 Å². The molecule has 0 spiro atoms. The molecule has 7 heteroatoms. The lowest BCUT2D eigenvalue weighted by Gasteiger charge is -2.16. The van der Waals surface area contributed by atoms with E-state index >= 15 is 0 Å². The maximum absolute atomic E-state index is 12.8. The first-order valence-electron chi connectivity index (χ1n) is 10.2. The summed E-state index contributed by atoms with van der Waals surface area (Å²) < 4.78 is 4.21. The predicted molar refractivity (Wildman–Crippen MR) is 121 cm³/mol. The molecule has 2 aromatic heterocycles. The highest BCUT2D eigenvalue weighted by Crippen LogP contribution is 2.32. The van der Waals surface area contributed by atoms with E-state index in [-0.39, 0.29) is 5.91 Å². The average Bonchev–Trinajstić information content (AvgIpc) is 3.47. The zero-order valence-corrected chi connectivity index (χ0v) is 17.9. The number of para-hydroxylation sites is 2. The molecule has 0 fully saturated rings. The smallest absolute Gasteiger partial charge is 0.237 e. The Bertz CT molecular complexity index is 1240. The Morgan fingerprint density at radius 3 is 2.77 bits per heavy atom. The van der Waals surface area contributed by atoms with E-state index in [0.29, 0.717) is 5.75 Å². The highest BCUT2D eigenvalue weighted by molar-refractivity contribution is 7.99. The molecule has 1 aliphatic heterocycles. The summed E-state index contributed by atoms with van der Waals surface area (Å²) in [7, 11) is 1.96. The van der Waals surface area contributed by atoms with Gasteiger partial charge in [0, 0.05) is 48.5 Å². The van der Waals surface area contributed by atoms with Gasteiger partial charge in [-0.05, 0) is 31.0 Å². The van der Waals surface area contributed by atoms with Gasteiger partial charge in [0.05, 0.1) is 5.75 Å². The maximum atomic E-state index is 12.8. The molecule has 0 atom stereocenters. The second kappa shape index (κ2) is 7.65. The molecule has 6 nitrogen and oxygen atoms in total. The van der Waals surface area contributed by atoms with E-state index in [1.54, 1.807) is 0 Å². The second-order valence-corrected chi connectivity index (χ2v) is 8.37. The number of nitrogens with zero attached hydrogens (tertiary/aromatic N) is 5. The van der Waals surface area contributed by atoms with Crippen molar-refractivity contribution in [2.75, 3.05) is 17.2 Å². The van der Waals surface area contributed by atoms with Gasteiger partial charge in [0.25, 0.3) is 0 Å². The number of rotatable bonds is 5. The van der Waals surface area contributed by atoms with Gasteiger partial charge in [0.15, 0.2) is 11.0 Å². The van der Waals surface area contributed by atoms with E-state index in [9.17, 15) is 4.79 Å². The zero-order chi connectivity index (χ0) is 20.7. The molecular weight excluding hydrogens is 394 g/mol. The summed E-state index contributed by atoms with van der Waals surface area (Å²) in [4.78, 5) is 14.7. The molecule has 0 unspecified atom stereocenters. The lowest BCUT2D eigenvalue weighted by molar-refractivity contribution is -0.116. The van der Waals surface area contributed by atoms with Crippen molar-refractivity contribution in [3.63, 3.8) is 0 Å². The number of benzene rings is 2.